The molecule has 0 aliphatic rings. The number of aliphatic carboxylic acids is 1. The molecule has 1 rings (SSSR count). The SMILES string of the molecule is CCN(CCC(=O)O)c1ccc(F)c(F)c1F. The summed E-state index contributed by atoms with van der Waals surface area (Å²) >= 11 is 0. The first-order chi connectivity index (χ1) is 7.97. The molecule has 0 saturated heterocycles. The third-order valence-corrected chi connectivity index (χ3v) is 2.33. The van der Waals surface area contributed by atoms with E-state index in [1.165, 1.54) is 4.90 Å². The second-order valence-electron chi connectivity index (χ2n) is 3.42. The smallest absolute Gasteiger partial charge is 0.305 e. The van der Waals surface area contributed by atoms with Crippen LogP contribution in [-0.4, -0.2) is 24.2 Å². The monoisotopic (exact) mass is 247 g/mol. The lowest BCUT2D eigenvalue weighted by Crippen LogP contribution is -2.27. The molecule has 6 heteroatoms. The van der Waals surface area contributed by atoms with Gasteiger partial charge in [-0.1, -0.05) is 0 Å². The van der Waals surface area contributed by atoms with Crippen LogP contribution in [0.2, 0.25) is 0 Å². The summed E-state index contributed by atoms with van der Waals surface area (Å²) < 4.78 is 39.1. The van der Waals surface area contributed by atoms with Crippen LogP contribution in [0.1, 0.15) is 13.3 Å². The number of nitrogens with zero attached hydrogens (tertiary/aromatic N) is 1. The molecule has 0 aliphatic carbocycles. The van der Waals surface area contributed by atoms with Gasteiger partial charge >= 0.3 is 5.97 Å². The second kappa shape index (κ2) is 5.56. The summed E-state index contributed by atoms with van der Waals surface area (Å²) in [5.41, 5.74) is -0.132. The highest BCUT2D eigenvalue weighted by Crippen LogP contribution is 2.23. The zero-order valence-corrected chi connectivity index (χ0v) is 9.21. The van der Waals surface area contributed by atoms with Crippen LogP contribution in [0, 0.1) is 17.5 Å². The largest absolute Gasteiger partial charge is 0.481 e. The van der Waals surface area contributed by atoms with E-state index in [2.05, 4.69) is 0 Å². The van der Waals surface area contributed by atoms with E-state index in [-0.39, 0.29) is 18.7 Å². The van der Waals surface area contributed by atoms with Crippen LogP contribution in [0.15, 0.2) is 12.1 Å². The molecule has 1 aromatic carbocycles. The van der Waals surface area contributed by atoms with E-state index in [0.29, 0.717) is 6.54 Å². The van der Waals surface area contributed by atoms with E-state index >= 15 is 0 Å². The van der Waals surface area contributed by atoms with Crippen molar-refractivity contribution in [3.8, 4) is 0 Å². The summed E-state index contributed by atoms with van der Waals surface area (Å²) in [4.78, 5) is 11.7. The van der Waals surface area contributed by atoms with Gasteiger partial charge in [-0.05, 0) is 19.1 Å². The van der Waals surface area contributed by atoms with E-state index < -0.39 is 23.4 Å². The predicted molar refractivity (Wildman–Crippen MR) is 56.5 cm³/mol. The van der Waals surface area contributed by atoms with Crippen molar-refractivity contribution in [1.82, 2.24) is 0 Å². The van der Waals surface area contributed by atoms with Crippen molar-refractivity contribution in [2.45, 2.75) is 13.3 Å². The topological polar surface area (TPSA) is 40.5 Å². The number of carbonyl (C=O) groups is 1. The van der Waals surface area contributed by atoms with Crippen LogP contribution in [0.5, 0.6) is 0 Å². The van der Waals surface area contributed by atoms with E-state index in [1.807, 2.05) is 0 Å². The molecule has 94 valence electrons. The van der Waals surface area contributed by atoms with Gasteiger partial charge in [0, 0.05) is 13.1 Å². The fraction of sp³-hybridized carbons (Fsp3) is 0.364. The summed E-state index contributed by atoms with van der Waals surface area (Å²) in [5.74, 6) is -5.14. The molecule has 0 spiro atoms. The van der Waals surface area contributed by atoms with Gasteiger partial charge in [0.2, 0.25) is 0 Å². The molecule has 0 unspecified atom stereocenters. The molecule has 0 aliphatic heterocycles. The number of rotatable bonds is 5. The van der Waals surface area contributed by atoms with Crippen molar-refractivity contribution >= 4 is 11.7 Å². The van der Waals surface area contributed by atoms with Crippen LogP contribution in [-0.2, 0) is 4.79 Å². The maximum Gasteiger partial charge on any atom is 0.305 e. The zero-order valence-electron chi connectivity index (χ0n) is 9.21. The van der Waals surface area contributed by atoms with Crippen molar-refractivity contribution in [1.29, 1.82) is 0 Å². The molecule has 0 atom stereocenters. The van der Waals surface area contributed by atoms with Crippen molar-refractivity contribution < 1.29 is 23.1 Å². The molecule has 0 radical (unpaired) electrons. The van der Waals surface area contributed by atoms with Crippen molar-refractivity contribution in [2.75, 3.05) is 18.0 Å². The maximum absolute atomic E-state index is 13.4. The third kappa shape index (κ3) is 3.12. The number of hydrogen-bond donors (Lipinski definition) is 1. The van der Waals surface area contributed by atoms with Crippen LogP contribution in [0.25, 0.3) is 0 Å². The van der Waals surface area contributed by atoms with Crippen LogP contribution < -0.4 is 4.90 Å². The lowest BCUT2D eigenvalue weighted by atomic mass is 10.2. The Hall–Kier alpha value is -1.72. The van der Waals surface area contributed by atoms with Gasteiger partial charge in [-0.25, -0.2) is 13.2 Å². The first-order valence-electron chi connectivity index (χ1n) is 5.07. The second-order valence-corrected chi connectivity index (χ2v) is 3.42. The minimum atomic E-state index is -1.55. The summed E-state index contributed by atoms with van der Waals surface area (Å²) in [6, 6.07) is 1.91. The predicted octanol–water partition coefficient (Wildman–Crippen LogP) is 2.40. The Labute approximate surface area is 96.5 Å². The quantitative estimate of drug-likeness (QED) is 0.812. The first-order valence-corrected chi connectivity index (χ1v) is 5.07. The molecular formula is C11H12F3NO2. The number of benzene rings is 1. The number of halogens is 3. The Morgan fingerprint density at radius 3 is 2.47 bits per heavy atom. The molecule has 0 amide bonds. The van der Waals surface area contributed by atoms with E-state index in [4.69, 9.17) is 5.11 Å². The number of carboxylic acid groups (broad SMARTS) is 1. The summed E-state index contributed by atoms with van der Waals surface area (Å²) in [7, 11) is 0. The van der Waals surface area contributed by atoms with Gasteiger partial charge in [-0.2, -0.15) is 0 Å². The van der Waals surface area contributed by atoms with Crippen LogP contribution >= 0.6 is 0 Å². The van der Waals surface area contributed by atoms with E-state index in [9.17, 15) is 18.0 Å². The molecule has 1 aromatic rings. The maximum atomic E-state index is 13.4. The Morgan fingerprint density at radius 1 is 1.29 bits per heavy atom. The van der Waals surface area contributed by atoms with Crippen molar-refractivity contribution in [3.63, 3.8) is 0 Å². The lowest BCUT2D eigenvalue weighted by molar-refractivity contribution is -0.136. The fourth-order valence-electron chi connectivity index (χ4n) is 1.44. The average molecular weight is 247 g/mol. The molecule has 0 heterocycles. The van der Waals surface area contributed by atoms with E-state index in [0.717, 1.165) is 12.1 Å². The molecule has 1 N–H and O–H groups in total. The zero-order chi connectivity index (χ0) is 13.0. The Kier molecular flexibility index (Phi) is 4.37. The van der Waals surface area contributed by atoms with Crippen LogP contribution in [0.3, 0.4) is 0 Å². The van der Waals surface area contributed by atoms with Crippen LogP contribution in [0.4, 0.5) is 18.9 Å². The highest BCUT2D eigenvalue weighted by atomic mass is 19.2. The summed E-state index contributed by atoms with van der Waals surface area (Å²) in [6.45, 7) is 2.01. The molecule has 17 heavy (non-hydrogen) atoms. The number of carboxylic acids is 1. The van der Waals surface area contributed by atoms with Crippen molar-refractivity contribution in [3.05, 3.63) is 29.6 Å². The van der Waals surface area contributed by atoms with Gasteiger partial charge in [0.05, 0.1) is 12.1 Å². The Bertz CT molecular complexity index is 423. The number of anilines is 1. The average Bonchev–Trinajstić information content (AvgIpc) is 2.29. The van der Waals surface area contributed by atoms with Gasteiger partial charge in [0.15, 0.2) is 17.5 Å². The van der Waals surface area contributed by atoms with Crippen molar-refractivity contribution in [2.24, 2.45) is 0 Å². The third-order valence-electron chi connectivity index (χ3n) is 2.33. The molecule has 0 aromatic heterocycles. The minimum absolute atomic E-state index is 0.0355. The van der Waals surface area contributed by atoms with Gasteiger partial charge in [0.25, 0.3) is 0 Å². The summed E-state index contributed by atoms with van der Waals surface area (Å²) in [5, 5.41) is 8.52. The van der Waals surface area contributed by atoms with Gasteiger partial charge in [-0.15, -0.1) is 0 Å². The minimum Gasteiger partial charge on any atom is -0.481 e. The molecule has 3 nitrogen and oxygen atoms in total. The summed E-state index contributed by atoms with van der Waals surface area (Å²) in [6.07, 6.45) is -0.202. The van der Waals surface area contributed by atoms with Gasteiger partial charge in [0.1, 0.15) is 0 Å². The van der Waals surface area contributed by atoms with Gasteiger partial charge < -0.3 is 10.0 Å². The normalized spacial score (nSPS) is 10.4. The fourth-order valence-corrected chi connectivity index (χ4v) is 1.44. The highest BCUT2D eigenvalue weighted by molar-refractivity contribution is 5.67. The first kappa shape index (κ1) is 13.3. The highest BCUT2D eigenvalue weighted by Gasteiger charge is 2.17. The standard InChI is InChI=1S/C11H12F3NO2/c1-2-15(6-5-9(16)17)8-4-3-7(12)10(13)11(8)14/h3-4H,2,5-6H2,1H3,(H,16,17). The molecule has 0 fully saturated rings. The molecule has 0 bridgehead atoms. The molecule has 0 saturated carbocycles. The van der Waals surface area contributed by atoms with Gasteiger partial charge in [-0.3, -0.25) is 4.79 Å². The Balaban J connectivity index is 2.96. The van der Waals surface area contributed by atoms with E-state index in [1.54, 1.807) is 6.92 Å². The lowest BCUT2D eigenvalue weighted by Gasteiger charge is -2.22. The Morgan fingerprint density at radius 2 is 1.94 bits per heavy atom. The molecular weight excluding hydrogens is 235 g/mol. The number of hydrogen-bond acceptors (Lipinski definition) is 2.